The number of rotatable bonds is 5. The fourth-order valence-corrected chi connectivity index (χ4v) is 1.56. The topological polar surface area (TPSA) is 89.3 Å². The predicted molar refractivity (Wildman–Crippen MR) is 53.7 cm³/mol. The molecule has 0 unspecified atom stereocenters. The SMILES string of the molecule is CC(C)(CNS(=O)(=O)CBr)C(N)=O. The molecule has 0 fully saturated rings. The lowest BCUT2D eigenvalue weighted by atomic mass is 9.93. The van der Waals surface area contributed by atoms with Gasteiger partial charge in [-0.1, -0.05) is 15.9 Å². The van der Waals surface area contributed by atoms with E-state index in [1.165, 1.54) is 0 Å². The summed E-state index contributed by atoms with van der Waals surface area (Å²) in [5.74, 6) is -0.537. The van der Waals surface area contributed by atoms with E-state index in [-0.39, 0.29) is 11.2 Å². The van der Waals surface area contributed by atoms with Gasteiger partial charge in [0.15, 0.2) is 0 Å². The van der Waals surface area contributed by atoms with E-state index in [1.54, 1.807) is 13.8 Å². The van der Waals surface area contributed by atoms with Crippen molar-refractivity contribution in [1.82, 2.24) is 4.72 Å². The summed E-state index contributed by atoms with van der Waals surface area (Å²) in [7, 11) is -3.33. The summed E-state index contributed by atoms with van der Waals surface area (Å²) >= 11 is 2.81. The molecule has 0 aromatic rings. The maximum Gasteiger partial charge on any atom is 0.224 e. The Morgan fingerprint density at radius 2 is 2.00 bits per heavy atom. The second-order valence-electron chi connectivity index (χ2n) is 3.29. The number of nitrogens with two attached hydrogens (primary N) is 1. The lowest BCUT2D eigenvalue weighted by Gasteiger charge is -2.20. The molecule has 0 aliphatic rings. The van der Waals surface area contributed by atoms with Gasteiger partial charge in [-0.2, -0.15) is 0 Å². The van der Waals surface area contributed by atoms with E-state index in [4.69, 9.17) is 5.73 Å². The first-order chi connectivity index (χ1) is 5.71. The number of carbonyl (C=O) groups is 1. The molecular weight excluding hydrogens is 260 g/mol. The van der Waals surface area contributed by atoms with Gasteiger partial charge in [0.1, 0.15) is 4.66 Å². The van der Waals surface area contributed by atoms with Crippen LogP contribution in [0.4, 0.5) is 0 Å². The number of hydrogen-bond donors (Lipinski definition) is 2. The summed E-state index contributed by atoms with van der Waals surface area (Å²) in [5.41, 5.74) is 4.19. The maximum absolute atomic E-state index is 11.0. The smallest absolute Gasteiger partial charge is 0.224 e. The Bertz CT molecular complexity index is 286. The molecule has 1 amide bonds. The van der Waals surface area contributed by atoms with Crippen LogP contribution in [0.3, 0.4) is 0 Å². The van der Waals surface area contributed by atoms with E-state index in [2.05, 4.69) is 20.7 Å². The highest BCUT2D eigenvalue weighted by molar-refractivity contribution is 9.10. The maximum atomic E-state index is 11.0. The van der Waals surface area contributed by atoms with E-state index >= 15 is 0 Å². The second kappa shape index (κ2) is 4.39. The molecule has 0 rings (SSSR count). The highest BCUT2D eigenvalue weighted by Gasteiger charge is 2.26. The summed E-state index contributed by atoms with van der Waals surface area (Å²) in [6.07, 6.45) is 0. The van der Waals surface area contributed by atoms with Gasteiger partial charge >= 0.3 is 0 Å². The monoisotopic (exact) mass is 272 g/mol. The number of alkyl halides is 1. The molecule has 0 aliphatic heterocycles. The van der Waals surface area contributed by atoms with E-state index in [9.17, 15) is 13.2 Å². The van der Waals surface area contributed by atoms with Crippen molar-refractivity contribution < 1.29 is 13.2 Å². The third-order valence-corrected chi connectivity index (χ3v) is 4.22. The third kappa shape index (κ3) is 4.58. The molecule has 0 radical (unpaired) electrons. The molecule has 0 saturated carbocycles. The molecule has 0 aromatic heterocycles. The van der Waals surface area contributed by atoms with Gasteiger partial charge in [-0.3, -0.25) is 4.79 Å². The summed E-state index contributed by atoms with van der Waals surface area (Å²) in [6, 6.07) is 0. The molecule has 7 heteroatoms. The first-order valence-electron chi connectivity index (χ1n) is 3.54. The van der Waals surface area contributed by atoms with Gasteiger partial charge in [-0.25, -0.2) is 13.1 Å². The van der Waals surface area contributed by atoms with Crippen molar-refractivity contribution >= 4 is 31.9 Å². The van der Waals surface area contributed by atoms with Gasteiger partial charge in [0.25, 0.3) is 0 Å². The minimum absolute atomic E-state index is 0.0102. The largest absolute Gasteiger partial charge is 0.369 e. The van der Waals surface area contributed by atoms with Crippen LogP contribution >= 0.6 is 15.9 Å². The highest BCUT2D eigenvalue weighted by atomic mass is 79.9. The Morgan fingerprint density at radius 1 is 1.54 bits per heavy atom. The molecular formula is C6H13BrN2O3S. The Kier molecular flexibility index (Phi) is 4.34. The zero-order valence-electron chi connectivity index (χ0n) is 7.50. The fraction of sp³-hybridized carbons (Fsp3) is 0.833. The van der Waals surface area contributed by atoms with Gasteiger partial charge in [-0.05, 0) is 13.8 Å². The molecule has 13 heavy (non-hydrogen) atoms. The fourth-order valence-electron chi connectivity index (χ4n) is 0.416. The Balaban J connectivity index is 4.26. The van der Waals surface area contributed by atoms with Crippen molar-refractivity contribution in [2.24, 2.45) is 11.1 Å². The van der Waals surface area contributed by atoms with Gasteiger partial charge in [0, 0.05) is 6.54 Å². The molecule has 78 valence electrons. The number of sulfonamides is 1. The van der Waals surface area contributed by atoms with Crippen molar-refractivity contribution in [3.63, 3.8) is 0 Å². The molecule has 0 aromatic carbocycles. The molecule has 0 spiro atoms. The Morgan fingerprint density at radius 3 is 2.31 bits per heavy atom. The molecule has 3 N–H and O–H groups in total. The molecule has 0 saturated heterocycles. The van der Waals surface area contributed by atoms with Crippen molar-refractivity contribution in [3.8, 4) is 0 Å². The number of hydrogen-bond acceptors (Lipinski definition) is 3. The lowest BCUT2D eigenvalue weighted by molar-refractivity contribution is -0.125. The minimum Gasteiger partial charge on any atom is -0.369 e. The average Bonchev–Trinajstić information content (AvgIpc) is 2.01. The van der Waals surface area contributed by atoms with Crippen LogP contribution in [0.2, 0.25) is 0 Å². The first kappa shape index (κ1) is 12.9. The third-order valence-electron chi connectivity index (χ3n) is 1.54. The normalized spacial score (nSPS) is 12.8. The minimum atomic E-state index is -3.33. The van der Waals surface area contributed by atoms with Crippen LogP contribution in [0.1, 0.15) is 13.8 Å². The van der Waals surface area contributed by atoms with Crippen molar-refractivity contribution in [2.45, 2.75) is 13.8 Å². The number of carbonyl (C=O) groups excluding carboxylic acids is 1. The highest BCUT2D eigenvalue weighted by Crippen LogP contribution is 2.12. The van der Waals surface area contributed by atoms with Gasteiger partial charge in [0.2, 0.25) is 15.9 Å². The zero-order valence-corrected chi connectivity index (χ0v) is 9.91. The predicted octanol–water partition coefficient (Wildman–Crippen LogP) is -0.230. The van der Waals surface area contributed by atoms with Crippen LogP contribution < -0.4 is 10.5 Å². The summed E-state index contributed by atoms with van der Waals surface area (Å²) in [5, 5.41) is 0. The van der Waals surface area contributed by atoms with Crippen molar-refractivity contribution in [3.05, 3.63) is 0 Å². The molecule has 0 bridgehead atoms. The van der Waals surface area contributed by atoms with E-state index in [0.717, 1.165) is 0 Å². The van der Waals surface area contributed by atoms with Crippen LogP contribution in [0.5, 0.6) is 0 Å². The van der Waals surface area contributed by atoms with E-state index < -0.39 is 21.3 Å². The molecule has 5 nitrogen and oxygen atoms in total. The molecule has 0 atom stereocenters. The summed E-state index contributed by atoms with van der Waals surface area (Å²) in [6.45, 7) is 3.16. The molecule has 0 heterocycles. The lowest BCUT2D eigenvalue weighted by Crippen LogP contribution is -2.42. The van der Waals surface area contributed by atoms with E-state index in [1.807, 2.05) is 0 Å². The van der Waals surface area contributed by atoms with Crippen LogP contribution in [0.25, 0.3) is 0 Å². The summed E-state index contributed by atoms with van der Waals surface area (Å²) in [4.78, 5) is 10.8. The van der Waals surface area contributed by atoms with Gasteiger partial charge in [0.05, 0.1) is 5.41 Å². The quantitative estimate of drug-likeness (QED) is 0.678. The van der Waals surface area contributed by atoms with Crippen LogP contribution in [-0.4, -0.2) is 25.5 Å². The number of halogens is 1. The van der Waals surface area contributed by atoms with Crippen LogP contribution in [-0.2, 0) is 14.8 Å². The van der Waals surface area contributed by atoms with Crippen molar-refractivity contribution in [1.29, 1.82) is 0 Å². The average molecular weight is 273 g/mol. The Labute approximate surface area is 86.2 Å². The van der Waals surface area contributed by atoms with Crippen LogP contribution in [0.15, 0.2) is 0 Å². The van der Waals surface area contributed by atoms with Crippen molar-refractivity contribution in [2.75, 3.05) is 11.2 Å². The van der Waals surface area contributed by atoms with Gasteiger partial charge < -0.3 is 5.73 Å². The standard InChI is InChI=1S/C6H13BrN2O3S/c1-6(2,5(8)10)3-9-13(11,12)4-7/h9H,3-4H2,1-2H3,(H2,8,10). The number of nitrogens with one attached hydrogen (secondary N) is 1. The zero-order chi connectivity index (χ0) is 10.7. The molecule has 0 aliphatic carbocycles. The first-order valence-corrected chi connectivity index (χ1v) is 6.32. The Hall–Kier alpha value is -0.140. The van der Waals surface area contributed by atoms with Crippen LogP contribution in [0, 0.1) is 5.41 Å². The van der Waals surface area contributed by atoms with Gasteiger partial charge in [-0.15, -0.1) is 0 Å². The number of primary amides is 1. The second-order valence-corrected chi connectivity index (χ2v) is 6.40. The van der Waals surface area contributed by atoms with E-state index in [0.29, 0.717) is 0 Å². The summed E-state index contributed by atoms with van der Waals surface area (Å²) < 4.78 is 24.0. The number of amides is 1.